The zero-order valence-corrected chi connectivity index (χ0v) is 9.85. The minimum Gasteiger partial charge on any atom is -0.330 e. The molecule has 3 atom stereocenters. The van der Waals surface area contributed by atoms with Crippen LogP contribution in [0, 0.1) is 29.1 Å². The molecular weight excluding hydrogens is 194 g/mol. The fourth-order valence-electron chi connectivity index (χ4n) is 5.03. The molecular formula is C12H22ClN. The van der Waals surface area contributed by atoms with Crippen molar-refractivity contribution in [1.29, 1.82) is 0 Å². The molecule has 2 heteroatoms. The Morgan fingerprint density at radius 1 is 1.14 bits per heavy atom. The lowest BCUT2D eigenvalue weighted by Crippen LogP contribution is -2.53. The van der Waals surface area contributed by atoms with Gasteiger partial charge in [0, 0.05) is 0 Å². The first kappa shape index (κ1) is 10.8. The van der Waals surface area contributed by atoms with Crippen LogP contribution in [0.3, 0.4) is 0 Å². The number of nitrogens with two attached hydrogens (primary N) is 1. The van der Waals surface area contributed by atoms with Gasteiger partial charge in [-0.15, -0.1) is 12.4 Å². The van der Waals surface area contributed by atoms with Crippen LogP contribution in [0.2, 0.25) is 0 Å². The molecule has 0 aromatic heterocycles. The first-order valence-corrected chi connectivity index (χ1v) is 5.91. The Labute approximate surface area is 93.2 Å². The molecule has 0 spiro atoms. The molecule has 0 saturated heterocycles. The molecule has 4 rings (SSSR count). The second-order valence-electron chi connectivity index (χ2n) is 6.10. The van der Waals surface area contributed by atoms with Crippen LogP contribution in [0.4, 0.5) is 0 Å². The van der Waals surface area contributed by atoms with E-state index in [1.807, 2.05) is 0 Å². The maximum absolute atomic E-state index is 5.94. The standard InChI is InChI=1S/C12H21N.ClH/c1-12-5-8-2-9(6-12)4-10(3-8)11(12)7-13;/h8-11H,2-7,13H2,1H3;1H. The van der Waals surface area contributed by atoms with E-state index in [9.17, 15) is 0 Å². The molecule has 4 aliphatic rings. The van der Waals surface area contributed by atoms with Crippen LogP contribution in [0.5, 0.6) is 0 Å². The first-order chi connectivity index (χ1) is 6.21. The van der Waals surface area contributed by atoms with Crippen molar-refractivity contribution < 1.29 is 0 Å². The Kier molecular flexibility index (Phi) is 2.60. The second kappa shape index (κ2) is 3.38. The van der Waals surface area contributed by atoms with E-state index in [1.165, 1.54) is 25.7 Å². The molecule has 3 unspecified atom stereocenters. The molecule has 0 aromatic carbocycles. The van der Waals surface area contributed by atoms with E-state index in [-0.39, 0.29) is 12.4 Å². The minimum absolute atomic E-state index is 0. The normalized spacial score (nSPS) is 54.4. The Hall–Kier alpha value is 0.250. The topological polar surface area (TPSA) is 26.0 Å². The van der Waals surface area contributed by atoms with E-state index in [1.54, 1.807) is 6.42 Å². The molecule has 0 amide bonds. The molecule has 4 saturated carbocycles. The lowest BCUT2D eigenvalue weighted by Gasteiger charge is -2.60. The summed E-state index contributed by atoms with van der Waals surface area (Å²) in [6.07, 6.45) is 7.54. The number of hydrogen-bond donors (Lipinski definition) is 1. The summed E-state index contributed by atoms with van der Waals surface area (Å²) in [6.45, 7) is 3.45. The summed E-state index contributed by atoms with van der Waals surface area (Å²) in [5, 5.41) is 0. The predicted octanol–water partition coefficient (Wildman–Crippen LogP) is 2.83. The van der Waals surface area contributed by atoms with E-state index in [0.717, 1.165) is 30.2 Å². The highest BCUT2D eigenvalue weighted by molar-refractivity contribution is 5.85. The van der Waals surface area contributed by atoms with Gasteiger partial charge in [-0.2, -0.15) is 0 Å². The Balaban J connectivity index is 0.000000750. The number of halogens is 1. The zero-order chi connectivity index (χ0) is 9.05. The van der Waals surface area contributed by atoms with Gasteiger partial charge in [0.15, 0.2) is 0 Å². The fraction of sp³-hybridized carbons (Fsp3) is 1.00. The lowest BCUT2D eigenvalue weighted by atomic mass is 9.46. The van der Waals surface area contributed by atoms with E-state index < -0.39 is 0 Å². The van der Waals surface area contributed by atoms with Crippen molar-refractivity contribution in [2.45, 2.75) is 39.0 Å². The lowest BCUT2D eigenvalue weighted by molar-refractivity contribution is -0.0942. The highest BCUT2D eigenvalue weighted by Crippen LogP contribution is 2.62. The van der Waals surface area contributed by atoms with Gasteiger partial charge in [-0.1, -0.05) is 6.92 Å². The summed E-state index contributed by atoms with van der Waals surface area (Å²) in [6, 6.07) is 0. The van der Waals surface area contributed by atoms with Gasteiger partial charge in [0.05, 0.1) is 0 Å². The summed E-state index contributed by atoms with van der Waals surface area (Å²) in [7, 11) is 0. The molecule has 82 valence electrons. The van der Waals surface area contributed by atoms with Crippen molar-refractivity contribution >= 4 is 12.4 Å². The quantitative estimate of drug-likeness (QED) is 0.716. The monoisotopic (exact) mass is 215 g/mol. The van der Waals surface area contributed by atoms with Crippen molar-refractivity contribution in [3.05, 3.63) is 0 Å². The van der Waals surface area contributed by atoms with Crippen LogP contribution in [-0.2, 0) is 0 Å². The average molecular weight is 216 g/mol. The molecule has 0 aliphatic heterocycles. The van der Waals surface area contributed by atoms with Gasteiger partial charge >= 0.3 is 0 Å². The molecule has 1 nitrogen and oxygen atoms in total. The summed E-state index contributed by atoms with van der Waals surface area (Å²) in [5.74, 6) is 4.01. The largest absolute Gasteiger partial charge is 0.330 e. The minimum atomic E-state index is 0. The van der Waals surface area contributed by atoms with Crippen LogP contribution >= 0.6 is 12.4 Å². The third kappa shape index (κ3) is 1.32. The zero-order valence-electron chi connectivity index (χ0n) is 9.04. The maximum Gasteiger partial charge on any atom is -0.00410 e. The van der Waals surface area contributed by atoms with Crippen LogP contribution in [0.1, 0.15) is 39.0 Å². The van der Waals surface area contributed by atoms with Gasteiger partial charge < -0.3 is 5.73 Å². The van der Waals surface area contributed by atoms with Crippen LogP contribution in [0.15, 0.2) is 0 Å². The molecule has 14 heavy (non-hydrogen) atoms. The van der Waals surface area contributed by atoms with E-state index in [0.29, 0.717) is 5.41 Å². The summed E-state index contributed by atoms with van der Waals surface area (Å²) < 4.78 is 0. The third-order valence-corrected chi connectivity index (χ3v) is 5.17. The summed E-state index contributed by atoms with van der Waals surface area (Å²) >= 11 is 0. The van der Waals surface area contributed by atoms with Crippen molar-refractivity contribution in [2.24, 2.45) is 34.8 Å². The van der Waals surface area contributed by atoms with Gasteiger partial charge in [0.2, 0.25) is 0 Å². The maximum atomic E-state index is 5.94. The fourth-order valence-corrected chi connectivity index (χ4v) is 5.03. The average Bonchev–Trinajstić information content (AvgIpc) is 2.00. The van der Waals surface area contributed by atoms with Gasteiger partial charge in [-0.3, -0.25) is 0 Å². The van der Waals surface area contributed by atoms with E-state index in [4.69, 9.17) is 5.73 Å². The van der Waals surface area contributed by atoms with Gasteiger partial charge in [-0.05, 0) is 67.7 Å². The van der Waals surface area contributed by atoms with Gasteiger partial charge in [-0.25, -0.2) is 0 Å². The predicted molar refractivity (Wildman–Crippen MR) is 61.5 cm³/mol. The van der Waals surface area contributed by atoms with Crippen molar-refractivity contribution in [1.82, 2.24) is 0 Å². The molecule has 2 N–H and O–H groups in total. The smallest absolute Gasteiger partial charge is 0.00410 e. The first-order valence-electron chi connectivity index (χ1n) is 5.91. The Morgan fingerprint density at radius 2 is 1.71 bits per heavy atom. The molecule has 4 aliphatic carbocycles. The van der Waals surface area contributed by atoms with Gasteiger partial charge in [0.1, 0.15) is 0 Å². The second-order valence-corrected chi connectivity index (χ2v) is 6.10. The van der Waals surface area contributed by atoms with Crippen molar-refractivity contribution in [2.75, 3.05) is 6.54 Å². The van der Waals surface area contributed by atoms with Gasteiger partial charge in [0.25, 0.3) is 0 Å². The molecule has 4 bridgehead atoms. The Bertz CT molecular complexity index is 214. The molecule has 0 radical (unpaired) electrons. The highest BCUT2D eigenvalue weighted by atomic mass is 35.5. The van der Waals surface area contributed by atoms with E-state index >= 15 is 0 Å². The van der Waals surface area contributed by atoms with Crippen molar-refractivity contribution in [3.63, 3.8) is 0 Å². The third-order valence-electron chi connectivity index (χ3n) is 5.17. The van der Waals surface area contributed by atoms with Crippen LogP contribution in [-0.4, -0.2) is 6.54 Å². The van der Waals surface area contributed by atoms with Crippen LogP contribution in [0.25, 0.3) is 0 Å². The van der Waals surface area contributed by atoms with E-state index in [2.05, 4.69) is 6.92 Å². The highest BCUT2D eigenvalue weighted by Gasteiger charge is 2.53. The van der Waals surface area contributed by atoms with Crippen LogP contribution < -0.4 is 5.73 Å². The summed E-state index contributed by atoms with van der Waals surface area (Å²) in [4.78, 5) is 0. The number of hydrogen-bond acceptors (Lipinski definition) is 1. The SMILES string of the molecule is CC12CC3CC(CC(C3)C1CN)C2.Cl. The molecule has 0 heterocycles. The Morgan fingerprint density at radius 3 is 2.14 bits per heavy atom. The number of rotatable bonds is 1. The van der Waals surface area contributed by atoms with Crippen molar-refractivity contribution in [3.8, 4) is 0 Å². The summed E-state index contributed by atoms with van der Waals surface area (Å²) in [5.41, 5.74) is 6.58. The molecule has 4 fully saturated rings. The molecule has 0 aromatic rings.